The maximum atomic E-state index is 6.37. The highest BCUT2D eigenvalue weighted by Gasteiger charge is 2.36. The zero-order valence-electron chi connectivity index (χ0n) is 12.1. The Labute approximate surface area is 155 Å². The first kappa shape index (κ1) is 17.0. The minimum Gasteiger partial charge on any atom is -0.497 e. The second-order valence-corrected chi connectivity index (χ2v) is 10.3. The Morgan fingerprint density at radius 3 is 2.48 bits per heavy atom. The normalized spacial score (nSPS) is 20.5. The van der Waals surface area contributed by atoms with Crippen molar-refractivity contribution in [3.05, 3.63) is 52.5 Å². The predicted molar refractivity (Wildman–Crippen MR) is 106 cm³/mol. The minimum atomic E-state index is -2.29. The number of hydrogen-bond acceptors (Lipinski definition) is 3. The molecular weight excluding hydrogens is 390 g/mol. The lowest BCUT2D eigenvalue weighted by atomic mass is 10.3. The molecule has 1 aliphatic rings. The van der Waals surface area contributed by atoms with Gasteiger partial charge >= 0.3 is 0 Å². The molecule has 120 valence electrons. The summed E-state index contributed by atoms with van der Waals surface area (Å²) in [6, 6.07) is 13.1. The first-order chi connectivity index (χ1) is 10.9. The number of ether oxygens (including phenoxy) is 1. The Morgan fingerprint density at radius 2 is 1.87 bits per heavy atom. The summed E-state index contributed by atoms with van der Waals surface area (Å²) in [5.41, 5.74) is 0.836. The molecule has 0 spiro atoms. The van der Waals surface area contributed by atoms with Crippen LogP contribution < -0.4 is 19.8 Å². The third-order valence-electron chi connectivity index (χ3n) is 3.52. The Morgan fingerprint density at radius 1 is 1.17 bits per heavy atom. The molecule has 0 saturated carbocycles. The van der Waals surface area contributed by atoms with Crippen molar-refractivity contribution in [2.75, 3.05) is 18.3 Å². The average molecular weight is 403 g/mol. The molecular formula is C15H13Cl2N2OPS2. The first-order valence-electron chi connectivity index (χ1n) is 6.73. The van der Waals surface area contributed by atoms with Crippen LogP contribution >= 0.6 is 41.8 Å². The van der Waals surface area contributed by atoms with Crippen molar-refractivity contribution in [2.45, 2.75) is 0 Å². The van der Waals surface area contributed by atoms with E-state index in [1.165, 1.54) is 0 Å². The molecule has 1 fully saturated rings. The number of nitrogens with one attached hydrogen (secondary N) is 1. The van der Waals surface area contributed by atoms with Crippen LogP contribution in [-0.2, 0) is 11.8 Å². The highest BCUT2D eigenvalue weighted by Crippen LogP contribution is 2.52. The fourth-order valence-electron chi connectivity index (χ4n) is 2.42. The third kappa shape index (κ3) is 3.21. The van der Waals surface area contributed by atoms with E-state index >= 15 is 0 Å². The first-order valence-corrected chi connectivity index (χ1v) is 10.6. The molecule has 0 aromatic heterocycles. The summed E-state index contributed by atoms with van der Waals surface area (Å²) in [7, 11) is 1.64. The third-order valence-corrected chi connectivity index (χ3v) is 8.55. The number of thiocarbonyl (C=S) groups is 1. The fraction of sp³-hybridized carbons (Fsp3) is 0.133. The Balaban J connectivity index is 2.07. The van der Waals surface area contributed by atoms with Gasteiger partial charge < -0.3 is 14.5 Å². The molecule has 1 aliphatic heterocycles. The zero-order valence-corrected chi connectivity index (χ0v) is 16.2. The number of anilines is 1. The number of hydrogen-bond donors (Lipinski definition) is 1. The van der Waals surface area contributed by atoms with Gasteiger partial charge in [0.05, 0.1) is 24.4 Å². The van der Waals surface area contributed by atoms with Crippen LogP contribution in [0.25, 0.3) is 0 Å². The summed E-state index contributed by atoms with van der Waals surface area (Å²) in [6.45, 7) is 0.542. The van der Waals surface area contributed by atoms with E-state index in [0.717, 1.165) is 21.7 Å². The summed E-state index contributed by atoms with van der Waals surface area (Å²) in [6.07, 6.45) is -2.29. The topological polar surface area (TPSA) is 24.5 Å². The number of halogens is 2. The molecule has 1 atom stereocenters. The molecule has 1 unspecified atom stereocenters. The molecule has 0 radical (unpaired) electrons. The van der Waals surface area contributed by atoms with Crippen molar-refractivity contribution >= 4 is 69.5 Å². The van der Waals surface area contributed by atoms with Gasteiger partial charge in [-0.1, -0.05) is 35.4 Å². The molecule has 1 N–H and O–H groups in total. The van der Waals surface area contributed by atoms with Gasteiger partial charge in [-0.3, -0.25) is 0 Å². The van der Waals surface area contributed by atoms with Gasteiger partial charge in [0.25, 0.3) is 0 Å². The second-order valence-electron chi connectivity index (χ2n) is 4.96. The van der Waals surface area contributed by atoms with E-state index < -0.39 is 6.34 Å². The smallest absolute Gasteiger partial charge is 0.151 e. The molecule has 8 heteroatoms. The average Bonchev–Trinajstić information content (AvgIpc) is 2.83. The van der Waals surface area contributed by atoms with E-state index in [4.69, 9.17) is 52.0 Å². The van der Waals surface area contributed by atoms with E-state index in [-0.39, 0.29) is 0 Å². The quantitative estimate of drug-likeness (QED) is 0.606. The van der Waals surface area contributed by atoms with Gasteiger partial charge in [-0.25, -0.2) is 0 Å². The molecule has 2 aromatic rings. The Kier molecular flexibility index (Phi) is 4.86. The van der Waals surface area contributed by atoms with E-state index in [2.05, 4.69) is 9.76 Å². The van der Waals surface area contributed by atoms with Gasteiger partial charge in [0.15, 0.2) is 6.34 Å². The van der Waals surface area contributed by atoms with Crippen molar-refractivity contribution in [2.24, 2.45) is 0 Å². The lowest BCUT2D eigenvalue weighted by Gasteiger charge is -2.30. The molecule has 2 aromatic carbocycles. The molecule has 1 saturated heterocycles. The monoisotopic (exact) mass is 402 g/mol. The predicted octanol–water partition coefficient (Wildman–Crippen LogP) is 4.37. The Hall–Kier alpha value is -0.840. The van der Waals surface area contributed by atoms with Crippen LogP contribution in [-0.4, -0.2) is 18.6 Å². The summed E-state index contributed by atoms with van der Waals surface area (Å²) in [5.74, 6) is 0.785. The number of benzene rings is 2. The summed E-state index contributed by atoms with van der Waals surface area (Å²) < 4.78 is 7.29. The lowest BCUT2D eigenvalue weighted by molar-refractivity contribution is 0.415. The maximum Gasteiger partial charge on any atom is 0.151 e. The van der Waals surface area contributed by atoms with E-state index in [1.54, 1.807) is 19.2 Å². The van der Waals surface area contributed by atoms with E-state index in [1.807, 2.05) is 30.3 Å². The lowest BCUT2D eigenvalue weighted by Crippen LogP contribution is -2.24. The molecule has 0 amide bonds. The van der Waals surface area contributed by atoms with Crippen molar-refractivity contribution < 1.29 is 4.74 Å². The maximum absolute atomic E-state index is 6.37. The highest BCUT2D eigenvalue weighted by atomic mass is 35.5. The molecule has 3 rings (SSSR count). The van der Waals surface area contributed by atoms with Crippen molar-refractivity contribution in [3.8, 4) is 5.75 Å². The zero-order chi connectivity index (χ0) is 16.6. The van der Waals surface area contributed by atoms with Gasteiger partial charge in [0.1, 0.15) is 10.7 Å². The highest BCUT2D eigenvalue weighted by molar-refractivity contribution is 8.18. The molecule has 0 bridgehead atoms. The van der Waals surface area contributed by atoms with Gasteiger partial charge in [-0.2, -0.15) is 0 Å². The number of methoxy groups -OCH3 is 1. The summed E-state index contributed by atoms with van der Waals surface area (Å²) in [4.78, 5) is 0.718. The fourth-order valence-corrected chi connectivity index (χ4v) is 7.22. The molecule has 3 nitrogen and oxygen atoms in total. The van der Waals surface area contributed by atoms with Gasteiger partial charge in [0, 0.05) is 10.3 Å². The van der Waals surface area contributed by atoms with Crippen LogP contribution in [0.2, 0.25) is 10.0 Å². The van der Waals surface area contributed by atoms with Crippen LogP contribution in [0.3, 0.4) is 0 Å². The van der Waals surface area contributed by atoms with Crippen molar-refractivity contribution in [3.63, 3.8) is 0 Å². The second kappa shape index (κ2) is 6.58. The molecule has 1 heterocycles. The van der Waals surface area contributed by atoms with Crippen LogP contribution in [0.1, 0.15) is 0 Å². The van der Waals surface area contributed by atoms with Crippen LogP contribution in [0.4, 0.5) is 5.69 Å². The van der Waals surface area contributed by atoms with E-state index in [9.17, 15) is 0 Å². The molecule has 23 heavy (non-hydrogen) atoms. The largest absolute Gasteiger partial charge is 0.497 e. The Bertz CT molecular complexity index is 814. The van der Waals surface area contributed by atoms with Crippen LogP contribution in [0, 0.1) is 0 Å². The van der Waals surface area contributed by atoms with Crippen molar-refractivity contribution in [1.82, 2.24) is 5.09 Å². The summed E-state index contributed by atoms with van der Waals surface area (Å²) in [5, 5.41) is 5.48. The SMILES string of the molecule is COc1ccc(P2(=S)NC(=S)CN2c2ccc(Cl)cc2Cl)cc1. The number of nitrogens with zero attached hydrogens (tertiary/aromatic N) is 1. The van der Waals surface area contributed by atoms with Gasteiger partial charge in [0.2, 0.25) is 0 Å². The minimum absolute atomic E-state index is 0.542. The number of rotatable bonds is 3. The van der Waals surface area contributed by atoms with Crippen molar-refractivity contribution in [1.29, 1.82) is 0 Å². The summed E-state index contributed by atoms with van der Waals surface area (Å²) >= 11 is 23.7. The van der Waals surface area contributed by atoms with Gasteiger partial charge in [-0.05, 0) is 54.3 Å². The standard InChI is InChI=1S/C15H13Cl2N2OPS2/c1-20-11-3-5-12(6-4-11)21(23)18-15(22)9-19(21)14-7-2-10(16)8-13(14)17/h2-8H,9H2,1H3,(H,18,22,23). The molecule has 0 aliphatic carbocycles. The van der Waals surface area contributed by atoms with E-state index in [0.29, 0.717) is 16.6 Å². The van der Waals surface area contributed by atoms with Crippen LogP contribution in [0.15, 0.2) is 42.5 Å². The van der Waals surface area contributed by atoms with Crippen LogP contribution in [0.5, 0.6) is 5.75 Å². The van der Waals surface area contributed by atoms with Gasteiger partial charge in [-0.15, -0.1) is 0 Å².